The number of amides is 1. The van der Waals surface area contributed by atoms with Crippen molar-refractivity contribution in [1.29, 1.82) is 0 Å². The fourth-order valence-corrected chi connectivity index (χ4v) is 5.67. The molecule has 1 aromatic heterocycles. The van der Waals surface area contributed by atoms with E-state index in [1.54, 1.807) is 6.20 Å². The molecule has 1 saturated carbocycles. The van der Waals surface area contributed by atoms with Crippen molar-refractivity contribution in [1.82, 2.24) is 9.97 Å². The highest BCUT2D eigenvalue weighted by Crippen LogP contribution is 2.38. The van der Waals surface area contributed by atoms with E-state index in [0.29, 0.717) is 38.1 Å². The Bertz CT molecular complexity index is 1070. The van der Waals surface area contributed by atoms with Gasteiger partial charge in [-0.1, -0.05) is 12.8 Å². The summed E-state index contributed by atoms with van der Waals surface area (Å²) in [5.41, 5.74) is 2.69. The number of piperidine rings is 1. The molecule has 2 aromatic rings. The third-order valence-electron chi connectivity index (χ3n) is 7.60. The molecule has 5 rings (SSSR count). The highest BCUT2D eigenvalue weighted by atomic mass is 16.5. The number of anilines is 5. The lowest BCUT2D eigenvalue weighted by atomic mass is 10.1. The summed E-state index contributed by atoms with van der Waals surface area (Å²) in [6.45, 7) is 7.47. The smallest absolute Gasteiger partial charge is 0.229 e. The van der Waals surface area contributed by atoms with Gasteiger partial charge in [0, 0.05) is 50.4 Å². The maximum atomic E-state index is 12.8. The molecule has 2 fully saturated rings. The predicted molar refractivity (Wildman–Crippen MR) is 143 cm³/mol. The van der Waals surface area contributed by atoms with Gasteiger partial charge in [0.15, 0.2) is 5.82 Å². The molecule has 36 heavy (non-hydrogen) atoms. The Hall–Kier alpha value is -3.07. The van der Waals surface area contributed by atoms with Crippen molar-refractivity contribution in [2.45, 2.75) is 70.9 Å². The number of nitrogens with one attached hydrogen (secondary N) is 1. The van der Waals surface area contributed by atoms with E-state index in [9.17, 15) is 9.90 Å². The van der Waals surface area contributed by atoms with Crippen molar-refractivity contribution in [3.05, 3.63) is 24.4 Å². The molecular weight excluding hydrogens is 456 g/mol. The average molecular weight is 495 g/mol. The van der Waals surface area contributed by atoms with Gasteiger partial charge >= 0.3 is 0 Å². The fraction of sp³-hybridized carbons (Fsp3) is 0.593. The van der Waals surface area contributed by atoms with Crippen LogP contribution < -0.4 is 24.8 Å². The summed E-state index contributed by atoms with van der Waals surface area (Å²) in [6.07, 6.45) is 8.34. The van der Waals surface area contributed by atoms with Crippen LogP contribution in [0.15, 0.2) is 24.4 Å². The number of carbonyl (C=O) groups is 1. The molecule has 9 nitrogen and oxygen atoms in total. The highest BCUT2D eigenvalue weighted by Gasteiger charge is 2.32. The molecular formula is C27H38N6O3. The van der Waals surface area contributed by atoms with Crippen molar-refractivity contribution < 1.29 is 14.6 Å². The van der Waals surface area contributed by atoms with Crippen LogP contribution in [0.4, 0.5) is 28.8 Å². The Morgan fingerprint density at radius 1 is 1.11 bits per heavy atom. The minimum Gasteiger partial charge on any atom is -0.492 e. The topological polar surface area (TPSA) is 94.1 Å². The Kier molecular flexibility index (Phi) is 7.46. The van der Waals surface area contributed by atoms with E-state index in [1.807, 2.05) is 24.8 Å². The summed E-state index contributed by atoms with van der Waals surface area (Å²) in [5, 5.41) is 13.2. The van der Waals surface area contributed by atoms with Crippen LogP contribution in [0.2, 0.25) is 0 Å². The number of hydrogen-bond acceptors (Lipinski definition) is 8. The first-order valence-corrected chi connectivity index (χ1v) is 13.5. The van der Waals surface area contributed by atoms with Crippen LogP contribution in [-0.2, 0) is 4.79 Å². The Morgan fingerprint density at radius 2 is 1.89 bits per heavy atom. The summed E-state index contributed by atoms with van der Waals surface area (Å²) in [6, 6.07) is 6.55. The van der Waals surface area contributed by atoms with Crippen molar-refractivity contribution in [3.63, 3.8) is 0 Å². The van der Waals surface area contributed by atoms with Gasteiger partial charge in [-0.2, -0.15) is 4.98 Å². The molecule has 9 heteroatoms. The minimum absolute atomic E-state index is 0.128. The van der Waals surface area contributed by atoms with E-state index in [1.165, 1.54) is 12.8 Å². The van der Waals surface area contributed by atoms with Crippen LogP contribution in [0.5, 0.6) is 5.75 Å². The fourth-order valence-electron chi connectivity index (χ4n) is 5.67. The normalized spacial score (nSPS) is 19.4. The Labute approximate surface area is 213 Å². The number of hydrogen-bond donors (Lipinski definition) is 2. The second kappa shape index (κ2) is 10.9. The molecule has 1 saturated heterocycles. The van der Waals surface area contributed by atoms with Gasteiger partial charge in [-0.25, -0.2) is 4.98 Å². The van der Waals surface area contributed by atoms with E-state index in [2.05, 4.69) is 32.2 Å². The summed E-state index contributed by atoms with van der Waals surface area (Å²) in [5.74, 6) is 2.21. The van der Waals surface area contributed by atoms with Gasteiger partial charge < -0.3 is 29.9 Å². The van der Waals surface area contributed by atoms with E-state index < -0.39 is 0 Å². The van der Waals surface area contributed by atoms with Gasteiger partial charge in [-0.05, 0) is 51.7 Å². The first kappa shape index (κ1) is 24.6. The molecule has 2 N–H and O–H groups in total. The molecule has 0 spiro atoms. The monoisotopic (exact) mass is 494 g/mol. The zero-order valence-corrected chi connectivity index (χ0v) is 21.4. The van der Waals surface area contributed by atoms with Crippen LogP contribution in [0.25, 0.3) is 0 Å². The predicted octanol–water partition coefficient (Wildman–Crippen LogP) is 4.09. The molecule has 2 aliphatic heterocycles. The largest absolute Gasteiger partial charge is 0.492 e. The lowest BCUT2D eigenvalue weighted by molar-refractivity contribution is -0.118. The molecule has 0 radical (unpaired) electrons. The third kappa shape index (κ3) is 5.07. The minimum atomic E-state index is -0.207. The number of aliphatic hydroxyl groups excluding tert-OH is 1. The molecule has 0 unspecified atom stereocenters. The lowest BCUT2D eigenvalue weighted by Crippen LogP contribution is -2.35. The molecule has 3 heterocycles. The number of ether oxygens (including phenoxy) is 1. The van der Waals surface area contributed by atoms with E-state index in [0.717, 1.165) is 67.4 Å². The van der Waals surface area contributed by atoms with E-state index >= 15 is 0 Å². The van der Waals surface area contributed by atoms with E-state index in [-0.39, 0.29) is 12.0 Å². The molecule has 1 aromatic carbocycles. The molecule has 194 valence electrons. The zero-order valence-electron chi connectivity index (χ0n) is 21.4. The first-order valence-electron chi connectivity index (χ1n) is 13.5. The molecule has 0 bridgehead atoms. The second-order valence-electron chi connectivity index (χ2n) is 9.88. The number of nitrogens with zero attached hydrogens (tertiary/aromatic N) is 5. The zero-order chi connectivity index (χ0) is 25.1. The van der Waals surface area contributed by atoms with Gasteiger partial charge in [0.25, 0.3) is 0 Å². The van der Waals surface area contributed by atoms with Crippen molar-refractivity contribution >= 4 is 34.7 Å². The van der Waals surface area contributed by atoms with E-state index in [4.69, 9.17) is 9.72 Å². The van der Waals surface area contributed by atoms with Gasteiger partial charge in [-0.15, -0.1) is 0 Å². The Morgan fingerprint density at radius 3 is 2.61 bits per heavy atom. The summed E-state index contributed by atoms with van der Waals surface area (Å²) in [4.78, 5) is 28.8. The van der Waals surface area contributed by atoms with Crippen molar-refractivity contribution in [3.8, 4) is 5.75 Å². The number of carbonyl (C=O) groups excluding carboxylic acids is 1. The van der Waals surface area contributed by atoms with Crippen molar-refractivity contribution in [2.75, 3.05) is 52.8 Å². The highest BCUT2D eigenvalue weighted by molar-refractivity contribution is 5.97. The molecule has 3 aliphatic rings. The van der Waals surface area contributed by atoms with Crippen molar-refractivity contribution in [2.24, 2.45) is 0 Å². The Balaban J connectivity index is 1.44. The quantitative estimate of drug-likeness (QED) is 0.595. The molecule has 0 atom stereocenters. The third-order valence-corrected chi connectivity index (χ3v) is 7.60. The number of aromatic nitrogens is 2. The van der Waals surface area contributed by atoms with Gasteiger partial charge in [0.2, 0.25) is 11.9 Å². The second-order valence-corrected chi connectivity index (χ2v) is 9.88. The number of rotatable bonds is 7. The first-order chi connectivity index (χ1) is 17.6. The summed E-state index contributed by atoms with van der Waals surface area (Å²) < 4.78 is 5.99. The lowest BCUT2D eigenvalue weighted by Gasteiger charge is -2.32. The van der Waals surface area contributed by atoms with Crippen LogP contribution in [0, 0.1) is 0 Å². The standard InChI is InChI=1S/C27H38N6O3/c1-3-32-23-18-28-27(30-26(23)33(16-13-25(32)35)19-7-5-6-8-19)29-22-10-9-20(17-24(22)36-4-2)31-14-11-21(34)12-15-31/h9-10,17-19,21,34H,3-8,11-16H2,1-2H3,(H,28,29,30). The molecule has 1 aliphatic carbocycles. The maximum Gasteiger partial charge on any atom is 0.229 e. The number of benzene rings is 1. The SMILES string of the molecule is CCOc1cc(N2CCC(O)CC2)ccc1Nc1ncc2c(n1)N(C1CCCC1)CCC(=O)N2CC. The van der Waals surface area contributed by atoms with Gasteiger partial charge in [0.05, 0.1) is 24.6 Å². The maximum absolute atomic E-state index is 12.8. The summed E-state index contributed by atoms with van der Waals surface area (Å²) >= 11 is 0. The van der Waals surface area contributed by atoms with Gasteiger partial charge in [0.1, 0.15) is 11.4 Å². The van der Waals surface area contributed by atoms with Crippen LogP contribution >= 0.6 is 0 Å². The number of aliphatic hydroxyl groups is 1. The van der Waals surface area contributed by atoms with Crippen LogP contribution in [0.1, 0.15) is 58.8 Å². The van der Waals surface area contributed by atoms with Gasteiger partial charge in [-0.3, -0.25) is 4.79 Å². The van der Waals surface area contributed by atoms with Crippen LogP contribution in [-0.4, -0.2) is 65.9 Å². The molecule has 1 amide bonds. The average Bonchev–Trinajstić information content (AvgIpc) is 3.37. The van der Waals surface area contributed by atoms with Crippen LogP contribution in [0.3, 0.4) is 0 Å². The number of fused-ring (bicyclic) bond motifs is 1. The summed E-state index contributed by atoms with van der Waals surface area (Å²) in [7, 11) is 0.